The summed E-state index contributed by atoms with van der Waals surface area (Å²) in [5.41, 5.74) is 5.61. The minimum absolute atomic E-state index is 0.107. The highest BCUT2D eigenvalue weighted by Gasteiger charge is 2.39. The van der Waals surface area contributed by atoms with E-state index >= 15 is 0 Å². The summed E-state index contributed by atoms with van der Waals surface area (Å²) < 4.78 is 49.2. The standard InChI is InChI=1S/C13H14ClNO5S/c1-7(2)21(17,18)20-12-10(16)11(19-13(12)15)8-3-5-9(14)6-4-8/h3-7,11H,15H2,1-2H3/t11-/m1/s1/i7D,11D. The second-order valence-electron chi connectivity index (χ2n) is 4.41. The maximum atomic E-state index is 12.4. The largest absolute Gasteiger partial charge is 0.460 e. The van der Waals surface area contributed by atoms with Crippen LogP contribution in [0.5, 0.6) is 0 Å². The Balaban J connectivity index is 2.37. The number of ether oxygens (including phenoxy) is 1. The molecule has 8 heteroatoms. The third-order valence-electron chi connectivity index (χ3n) is 2.65. The van der Waals surface area contributed by atoms with E-state index in [1.165, 1.54) is 24.3 Å². The SMILES string of the molecule is [2H]C(C)(C)S(=O)(=O)OC1=C(N)O[C@]([2H])(c2ccc(Cl)cc2)C1=O. The van der Waals surface area contributed by atoms with E-state index in [0.29, 0.717) is 5.02 Å². The molecule has 0 bridgehead atoms. The average Bonchev–Trinajstić information content (AvgIpc) is 2.62. The van der Waals surface area contributed by atoms with Crippen LogP contribution in [0, 0.1) is 0 Å². The van der Waals surface area contributed by atoms with Crippen LogP contribution in [0.3, 0.4) is 0 Å². The molecule has 114 valence electrons. The second-order valence-corrected chi connectivity index (χ2v) is 6.73. The van der Waals surface area contributed by atoms with Gasteiger partial charge in [-0.1, -0.05) is 23.7 Å². The van der Waals surface area contributed by atoms with Crippen LogP contribution in [-0.2, 0) is 23.8 Å². The van der Waals surface area contributed by atoms with Crippen molar-refractivity contribution in [2.45, 2.75) is 25.2 Å². The van der Waals surface area contributed by atoms with Gasteiger partial charge in [0.1, 0.15) is 0 Å². The lowest BCUT2D eigenvalue weighted by molar-refractivity contribution is -0.123. The van der Waals surface area contributed by atoms with Crippen molar-refractivity contribution in [3.05, 3.63) is 46.5 Å². The fraction of sp³-hybridized carbons (Fsp3) is 0.308. The molecule has 0 fully saturated rings. The highest BCUT2D eigenvalue weighted by molar-refractivity contribution is 7.87. The number of carbonyl (C=O) groups is 1. The molecule has 1 aliphatic rings. The van der Waals surface area contributed by atoms with Gasteiger partial charge in [-0.15, -0.1) is 0 Å². The van der Waals surface area contributed by atoms with E-state index in [2.05, 4.69) is 4.18 Å². The van der Waals surface area contributed by atoms with E-state index in [1.807, 2.05) is 0 Å². The lowest BCUT2D eigenvalue weighted by Gasteiger charge is -2.10. The maximum absolute atomic E-state index is 12.4. The molecule has 6 nitrogen and oxygen atoms in total. The molecule has 1 aromatic rings. The van der Waals surface area contributed by atoms with Crippen molar-refractivity contribution >= 4 is 27.5 Å². The summed E-state index contributed by atoms with van der Waals surface area (Å²) in [6.07, 6.45) is -2.27. The van der Waals surface area contributed by atoms with Crippen molar-refractivity contribution in [3.8, 4) is 0 Å². The predicted octanol–water partition coefficient (Wildman–Crippen LogP) is 1.86. The van der Waals surface area contributed by atoms with Gasteiger partial charge in [-0.3, -0.25) is 4.79 Å². The fourth-order valence-electron chi connectivity index (χ4n) is 1.48. The zero-order chi connectivity index (χ0) is 17.6. The zero-order valence-electron chi connectivity index (χ0n) is 13.2. The van der Waals surface area contributed by atoms with Crippen LogP contribution in [0.25, 0.3) is 0 Å². The van der Waals surface area contributed by atoms with E-state index in [0.717, 1.165) is 13.8 Å². The van der Waals surface area contributed by atoms with Gasteiger partial charge in [-0.25, -0.2) is 0 Å². The summed E-state index contributed by atoms with van der Waals surface area (Å²) in [4.78, 5) is 12.4. The Morgan fingerprint density at radius 1 is 1.43 bits per heavy atom. The summed E-state index contributed by atoms with van der Waals surface area (Å²) in [6, 6.07) is 5.66. The Labute approximate surface area is 130 Å². The molecule has 0 aliphatic carbocycles. The molecule has 0 aromatic heterocycles. The third-order valence-corrected chi connectivity index (χ3v) is 4.29. The Bertz CT molecular complexity index is 786. The number of hydrogen-bond acceptors (Lipinski definition) is 6. The van der Waals surface area contributed by atoms with E-state index in [9.17, 15) is 13.2 Å². The highest BCUT2D eigenvalue weighted by Crippen LogP contribution is 2.33. The Morgan fingerprint density at radius 3 is 2.52 bits per heavy atom. The number of benzene rings is 1. The zero-order valence-corrected chi connectivity index (χ0v) is 12.8. The summed E-state index contributed by atoms with van der Waals surface area (Å²) >= 11 is 5.75. The summed E-state index contributed by atoms with van der Waals surface area (Å²) in [6.45, 7) is 2.15. The normalized spacial score (nSPS) is 24.4. The van der Waals surface area contributed by atoms with E-state index < -0.39 is 38.8 Å². The van der Waals surface area contributed by atoms with Crippen LogP contribution in [0.2, 0.25) is 5.02 Å². The molecule has 0 spiro atoms. The van der Waals surface area contributed by atoms with Gasteiger partial charge in [0.25, 0.3) is 0 Å². The molecule has 2 rings (SSSR count). The van der Waals surface area contributed by atoms with Crippen molar-refractivity contribution in [2.75, 3.05) is 0 Å². The maximum Gasteiger partial charge on any atom is 0.311 e. The van der Waals surface area contributed by atoms with Crippen molar-refractivity contribution in [3.63, 3.8) is 0 Å². The Hall–Kier alpha value is -1.73. The lowest BCUT2D eigenvalue weighted by atomic mass is 10.1. The topological polar surface area (TPSA) is 95.7 Å². The second kappa shape index (κ2) is 5.57. The quantitative estimate of drug-likeness (QED) is 0.845. The molecule has 2 N–H and O–H groups in total. The van der Waals surface area contributed by atoms with Gasteiger partial charge in [0.15, 0.2) is 6.08 Å². The first-order valence-electron chi connectivity index (χ1n) is 6.82. The molecule has 0 unspecified atom stereocenters. The summed E-state index contributed by atoms with van der Waals surface area (Å²) in [5.74, 6) is -2.52. The van der Waals surface area contributed by atoms with Gasteiger partial charge in [0.05, 0.1) is 7.97 Å². The van der Waals surface area contributed by atoms with Crippen LogP contribution in [0.1, 0.15) is 28.2 Å². The number of hydrogen-bond donors (Lipinski definition) is 1. The number of carbonyl (C=O) groups excluding carboxylic acids is 1. The smallest absolute Gasteiger partial charge is 0.311 e. The number of rotatable bonds is 4. The molecular weight excluding hydrogens is 318 g/mol. The minimum atomic E-state index is -4.46. The predicted molar refractivity (Wildman–Crippen MR) is 76.6 cm³/mol. The molecule has 0 saturated heterocycles. The monoisotopic (exact) mass is 333 g/mol. The first kappa shape index (κ1) is 13.0. The molecule has 1 atom stereocenters. The van der Waals surface area contributed by atoms with Gasteiger partial charge < -0.3 is 14.7 Å². The minimum Gasteiger partial charge on any atom is -0.460 e. The molecule has 0 amide bonds. The molecule has 1 aliphatic heterocycles. The first-order valence-corrected chi connectivity index (χ1v) is 7.61. The lowest BCUT2D eigenvalue weighted by Crippen LogP contribution is -2.21. The number of halogens is 1. The van der Waals surface area contributed by atoms with E-state index in [-0.39, 0.29) is 5.56 Å². The van der Waals surface area contributed by atoms with Crippen LogP contribution >= 0.6 is 11.6 Å². The highest BCUT2D eigenvalue weighted by atomic mass is 35.5. The van der Waals surface area contributed by atoms with Crippen LogP contribution in [0.4, 0.5) is 0 Å². The molecular formula is C13H14ClNO5S. The van der Waals surface area contributed by atoms with E-state index in [4.69, 9.17) is 24.8 Å². The van der Waals surface area contributed by atoms with E-state index in [1.54, 1.807) is 0 Å². The van der Waals surface area contributed by atoms with Gasteiger partial charge in [0.2, 0.25) is 17.4 Å². The van der Waals surface area contributed by atoms with Crippen molar-refractivity contribution in [2.24, 2.45) is 5.73 Å². The summed E-state index contributed by atoms with van der Waals surface area (Å²) in [5, 5.41) is -1.63. The van der Waals surface area contributed by atoms with Crippen molar-refractivity contribution in [1.29, 1.82) is 0 Å². The van der Waals surface area contributed by atoms with Gasteiger partial charge in [-0.05, 0) is 26.0 Å². The van der Waals surface area contributed by atoms with Crippen LogP contribution in [0.15, 0.2) is 35.9 Å². The summed E-state index contributed by atoms with van der Waals surface area (Å²) in [7, 11) is -4.46. The number of ketones is 1. The molecule has 0 saturated carbocycles. The van der Waals surface area contributed by atoms with Gasteiger partial charge >= 0.3 is 10.1 Å². The third kappa shape index (κ3) is 3.14. The van der Waals surface area contributed by atoms with Crippen molar-refractivity contribution < 1.29 is 24.9 Å². The average molecular weight is 334 g/mol. The number of Topliss-reactive ketones (excluding diaryl/α,β-unsaturated/α-hetero) is 1. The van der Waals surface area contributed by atoms with Crippen LogP contribution < -0.4 is 5.73 Å². The first-order chi connectivity index (χ1) is 10.4. The molecule has 1 aromatic carbocycles. The molecule has 1 heterocycles. The van der Waals surface area contributed by atoms with Gasteiger partial charge in [-0.2, -0.15) is 8.42 Å². The Kier molecular flexibility index (Phi) is 3.44. The van der Waals surface area contributed by atoms with Crippen LogP contribution in [-0.4, -0.2) is 19.4 Å². The molecule has 21 heavy (non-hydrogen) atoms. The van der Waals surface area contributed by atoms with Crippen molar-refractivity contribution in [1.82, 2.24) is 0 Å². The van der Waals surface area contributed by atoms with Gasteiger partial charge in [0, 0.05) is 10.6 Å². The fourth-order valence-corrected chi connectivity index (χ4v) is 2.15. The Morgan fingerprint density at radius 2 is 2.00 bits per heavy atom. The molecule has 0 radical (unpaired) electrons. The number of nitrogens with two attached hydrogens (primary N) is 1.